The van der Waals surface area contributed by atoms with Crippen molar-refractivity contribution in [2.24, 2.45) is 5.92 Å². The lowest BCUT2D eigenvalue weighted by atomic mass is 9.94. The number of anilines is 2. The van der Waals surface area contributed by atoms with E-state index >= 15 is 0 Å². The molecule has 2 heterocycles. The number of rotatable bonds is 6. The summed E-state index contributed by atoms with van der Waals surface area (Å²) in [6.45, 7) is 4.63. The van der Waals surface area contributed by atoms with Gasteiger partial charge in [-0.2, -0.15) is 0 Å². The van der Waals surface area contributed by atoms with Gasteiger partial charge in [0.1, 0.15) is 16.4 Å². The van der Waals surface area contributed by atoms with Crippen molar-refractivity contribution in [3.8, 4) is 0 Å². The molecule has 1 aromatic carbocycles. The molecule has 0 radical (unpaired) electrons. The number of ether oxygens (including phenoxy) is 1. The Morgan fingerprint density at radius 1 is 1.21 bits per heavy atom. The molecule has 3 aliphatic rings. The van der Waals surface area contributed by atoms with E-state index in [4.69, 9.17) is 4.74 Å². The topological polar surface area (TPSA) is 96.4 Å². The van der Waals surface area contributed by atoms with E-state index in [-0.39, 0.29) is 17.2 Å². The molecule has 8 nitrogen and oxygen atoms in total. The fourth-order valence-corrected chi connectivity index (χ4v) is 5.26. The van der Waals surface area contributed by atoms with E-state index in [1.54, 1.807) is 0 Å². The Labute approximate surface area is 200 Å². The Morgan fingerprint density at radius 3 is 2.74 bits per heavy atom. The van der Waals surface area contributed by atoms with E-state index in [1.165, 1.54) is 29.5 Å². The molecule has 1 saturated carbocycles. The molecule has 0 bridgehead atoms. The maximum Gasteiger partial charge on any atom is 0.257 e. The van der Waals surface area contributed by atoms with Crippen LogP contribution in [0.3, 0.4) is 0 Å². The van der Waals surface area contributed by atoms with Gasteiger partial charge in [-0.3, -0.25) is 19.8 Å². The Hall–Kier alpha value is -2.95. The number of nitrogens with zero attached hydrogens (tertiary/aromatic N) is 3. The quantitative estimate of drug-likeness (QED) is 0.650. The molecule has 1 unspecified atom stereocenters. The van der Waals surface area contributed by atoms with Gasteiger partial charge in [0.05, 0.1) is 18.9 Å². The highest BCUT2D eigenvalue weighted by Gasteiger charge is 2.54. The molecule has 2 amide bonds. The third kappa shape index (κ3) is 4.53. The number of carbonyl (C=O) groups excluding carboxylic acids is 2. The van der Waals surface area contributed by atoms with Crippen molar-refractivity contribution in [3.05, 3.63) is 52.8 Å². The van der Waals surface area contributed by atoms with Crippen molar-refractivity contribution in [3.63, 3.8) is 0 Å². The number of nitrogens with one attached hydrogen (secondary N) is 2. The number of halogens is 1. The largest absolute Gasteiger partial charge is 0.379 e. The smallest absolute Gasteiger partial charge is 0.257 e. The lowest BCUT2D eigenvalue weighted by molar-refractivity contribution is -0.124. The Bertz CT molecular complexity index is 1170. The summed E-state index contributed by atoms with van der Waals surface area (Å²) in [6, 6.07) is 3.93. The van der Waals surface area contributed by atoms with Crippen LogP contribution in [0.2, 0.25) is 0 Å². The van der Waals surface area contributed by atoms with Gasteiger partial charge in [0.2, 0.25) is 11.0 Å². The summed E-state index contributed by atoms with van der Waals surface area (Å²) >= 11 is 1.30. The van der Waals surface area contributed by atoms with Gasteiger partial charge in [-0.15, -0.1) is 10.2 Å². The Kier molecular flexibility index (Phi) is 6.28. The zero-order valence-corrected chi connectivity index (χ0v) is 19.7. The SMILES string of the molecule is CC1CC=CC=C1c1nnc(NC(=O)c2ccc(F)c(NC(=O)C3(N4CCOCC4)CC3)c2)s1. The maximum atomic E-state index is 14.5. The Morgan fingerprint density at radius 2 is 2.00 bits per heavy atom. The average molecular weight is 484 g/mol. The molecule has 1 atom stereocenters. The highest BCUT2D eigenvalue weighted by molar-refractivity contribution is 7.16. The number of hydrogen-bond acceptors (Lipinski definition) is 7. The molecule has 0 spiro atoms. The van der Waals surface area contributed by atoms with E-state index in [2.05, 4.69) is 38.7 Å². The lowest BCUT2D eigenvalue weighted by Gasteiger charge is -2.33. The van der Waals surface area contributed by atoms with E-state index in [9.17, 15) is 14.0 Å². The van der Waals surface area contributed by atoms with Crippen LogP contribution in [0.1, 0.15) is 41.6 Å². The second-order valence-corrected chi connectivity index (χ2v) is 9.81. The highest BCUT2D eigenvalue weighted by atomic mass is 32.1. The number of aromatic nitrogens is 2. The first kappa shape index (κ1) is 22.8. The van der Waals surface area contributed by atoms with Gasteiger partial charge in [0, 0.05) is 18.7 Å². The van der Waals surface area contributed by atoms with Gasteiger partial charge in [-0.25, -0.2) is 4.39 Å². The zero-order chi connectivity index (χ0) is 23.7. The molecule has 2 aliphatic carbocycles. The van der Waals surface area contributed by atoms with Crippen LogP contribution < -0.4 is 10.6 Å². The van der Waals surface area contributed by atoms with E-state index < -0.39 is 17.3 Å². The maximum absolute atomic E-state index is 14.5. The minimum Gasteiger partial charge on any atom is -0.379 e. The minimum absolute atomic E-state index is 0.0110. The van der Waals surface area contributed by atoms with Crippen LogP contribution in [-0.2, 0) is 9.53 Å². The molecule has 34 heavy (non-hydrogen) atoms. The number of amides is 2. The van der Waals surface area contributed by atoms with Crippen LogP contribution in [0.15, 0.2) is 36.4 Å². The fourth-order valence-electron chi connectivity index (χ4n) is 4.39. The van der Waals surface area contributed by atoms with Gasteiger partial charge in [0.15, 0.2) is 0 Å². The number of hydrogen-bond donors (Lipinski definition) is 2. The molecule has 1 saturated heterocycles. The molecule has 2 aromatic rings. The summed E-state index contributed by atoms with van der Waals surface area (Å²) in [5.41, 5.74) is 0.680. The van der Waals surface area contributed by atoms with Crippen LogP contribution in [0.5, 0.6) is 0 Å². The summed E-state index contributed by atoms with van der Waals surface area (Å²) in [7, 11) is 0. The predicted molar refractivity (Wildman–Crippen MR) is 128 cm³/mol. The van der Waals surface area contributed by atoms with Crippen molar-refractivity contribution in [2.45, 2.75) is 31.7 Å². The molecule has 5 rings (SSSR count). The third-order valence-corrected chi connectivity index (χ3v) is 7.45. The third-order valence-electron chi connectivity index (χ3n) is 6.56. The lowest BCUT2D eigenvalue weighted by Crippen LogP contribution is -2.51. The van der Waals surface area contributed by atoms with E-state index in [0.717, 1.165) is 29.8 Å². The molecule has 1 aliphatic heterocycles. The highest BCUT2D eigenvalue weighted by Crippen LogP contribution is 2.43. The summed E-state index contributed by atoms with van der Waals surface area (Å²) in [5, 5.41) is 14.9. The second-order valence-electron chi connectivity index (χ2n) is 8.83. The van der Waals surface area contributed by atoms with Crippen molar-refractivity contribution in [1.29, 1.82) is 0 Å². The summed E-state index contributed by atoms with van der Waals surface area (Å²) in [4.78, 5) is 27.9. The van der Waals surface area contributed by atoms with E-state index in [0.29, 0.717) is 37.4 Å². The Balaban J connectivity index is 1.27. The number of benzene rings is 1. The van der Waals surface area contributed by atoms with Crippen molar-refractivity contribution in [2.75, 3.05) is 36.9 Å². The van der Waals surface area contributed by atoms with Crippen LogP contribution in [0.25, 0.3) is 5.57 Å². The van der Waals surface area contributed by atoms with Gasteiger partial charge in [-0.05, 0) is 49.0 Å². The van der Waals surface area contributed by atoms with Crippen molar-refractivity contribution in [1.82, 2.24) is 15.1 Å². The van der Waals surface area contributed by atoms with Crippen LogP contribution in [0.4, 0.5) is 15.2 Å². The van der Waals surface area contributed by atoms with E-state index in [1.807, 2.05) is 12.2 Å². The van der Waals surface area contributed by atoms with Gasteiger partial charge >= 0.3 is 0 Å². The summed E-state index contributed by atoms with van der Waals surface area (Å²) < 4.78 is 19.9. The van der Waals surface area contributed by atoms with Crippen molar-refractivity contribution < 1.29 is 18.7 Å². The normalized spacial score (nSPS) is 21.6. The molecule has 2 N–H and O–H groups in total. The fraction of sp³-hybridized carbons (Fsp3) is 0.417. The van der Waals surface area contributed by atoms with Gasteiger partial charge < -0.3 is 10.1 Å². The van der Waals surface area contributed by atoms with Crippen LogP contribution in [-0.4, -0.2) is 58.8 Å². The van der Waals surface area contributed by atoms with Crippen LogP contribution >= 0.6 is 11.3 Å². The first-order valence-corrected chi connectivity index (χ1v) is 12.2. The number of allylic oxidation sites excluding steroid dienone is 4. The molecular weight excluding hydrogens is 457 g/mol. The summed E-state index contributed by atoms with van der Waals surface area (Å²) in [6.07, 6.45) is 8.50. The van der Waals surface area contributed by atoms with Crippen molar-refractivity contribution >= 4 is 39.5 Å². The molecule has 1 aromatic heterocycles. The summed E-state index contributed by atoms with van der Waals surface area (Å²) in [5.74, 6) is -0.953. The molecular formula is C24H26FN5O3S. The van der Waals surface area contributed by atoms with Crippen LogP contribution in [0, 0.1) is 11.7 Å². The first-order valence-electron chi connectivity index (χ1n) is 11.4. The number of carbonyl (C=O) groups is 2. The standard InChI is InChI=1S/C24H26FN5O3S/c1-15-4-2-3-5-17(15)21-28-29-23(34-21)27-20(31)16-6-7-18(25)19(14-16)26-22(32)24(8-9-24)30-10-12-33-13-11-30/h2-3,5-7,14-15H,4,8-13H2,1H3,(H,26,32)(H,27,29,31). The first-order chi connectivity index (χ1) is 16.5. The average Bonchev–Trinajstić information content (AvgIpc) is 3.54. The number of morpholine rings is 1. The monoisotopic (exact) mass is 483 g/mol. The predicted octanol–water partition coefficient (Wildman–Crippen LogP) is 3.71. The minimum atomic E-state index is -0.614. The molecule has 2 fully saturated rings. The molecule has 10 heteroatoms. The zero-order valence-electron chi connectivity index (χ0n) is 18.8. The van der Waals surface area contributed by atoms with Gasteiger partial charge in [0.25, 0.3) is 5.91 Å². The second kappa shape index (κ2) is 9.36. The van der Waals surface area contributed by atoms with Gasteiger partial charge in [-0.1, -0.05) is 36.5 Å². The molecule has 178 valence electrons.